The molecule has 2 atom stereocenters. The predicted molar refractivity (Wildman–Crippen MR) is 194 cm³/mol. The number of tetrazole rings is 1. The highest BCUT2D eigenvalue weighted by atomic mass is 16.6. The molecule has 276 valence electrons. The summed E-state index contributed by atoms with van der Waals surface area (Å²) in [6.45, 7) is 6.00. The Morgan fingerprint density at radius 3 is 2.25 bits per heavy atom. The number of aromatic amines is 1. The van der Waals surface area contributed by atoms with Crippen LogP contribution in [-0.4, -0.2) is 82.3 Å². The molecule has 0 spiro atoms. The van der Waals surface area contributed by atoms with E-state index in [0.717, 1.165) is 47.9 Å². The van der Waals surface area contributed by atoms with E-state index < -0.39 is 29.9 Å². The van der Waals surface area contributed by atoms with Crippen LogP contribution >= 0.6 is 0 Å². The molecule has 1 aromatic heterocycles. The van der Waals surface area contributed by atoms with Crippen molar-refractivity contribution < 1.29 is 33.7 Å². The van der Waals surface area contributed by atoms with Crippen LogP contribution in [0, 0.1) is 11.8 Å². The molecule has 4 aromatic rings. The second kappa shape index (κ2) is 17.2. The number of alkyl carbamates (subject to hydrolysis) is 1. The normalized spacial score (nSPS) is 17.0. The van der Waals surface area contributed by atoms with Crippen LogP contribution in [0.4, 0.5) is 10.5 Å². The third-order valence-corrected chi connectivity index (χ3v) is 9.04. The molecule has 1 aliphatic carbocycles. The summed E-state index contributed by atoms with van der Waals surface area (Å²) in [7, 11) is 2.87. The average molecular weight is 714 g/mol. The van der Waals surface area contributed by atoms with Crippen LogP contribution in [0.1, 0.15) is 62.4 Å². The maximum atomic E-state index is 13.8. The number of carbonyl (C=O) groups excluding carboxylic acids is 3. The maximum absolute atomic E-state index is 13.8. The summed E-state index contributed by atoms with van der Waals surface area (Å²) in [5, 5.41) is 34.5. The Hall–Kier alpha value is -5.34. The monoisotopic (exact) mass is 713 g/mol. The van der Waals surface area contributed by atoms with Gasteiger partial charge in [-0.15, -0.1) is 10.2 Å². The number of aromatic nitrogens is 4. The third kappa shape index (κ3) is 10.4. The second-order valence-electron chi connectivity index (χ2n) is 13.9. The Balaban J connectivity index is 1.26. The number of aliphatic hydroxyl groups is 1. The molecule has 0 bridgehead atoms. The van der Waals surface area contributed by atoms with Crippen LogP contribution < -0.4 is 20.7 Å². The number of amides is 2. The zero-order valence-corrected chi connectivity index (χ0v) is 30.1. The first-order valence-corrected chi connectivity index (χ1v) is 17.3. The average Bonchev–Trinajstić information content (AvgIpc) is 3.68. The van der Waals surface area contributed by atoms with E-state index in [9.17, 15) is 19.5 Å². The van der Waals surface area contributed by atoms with Gasteiger partial charge in [0.15, 0.2) is 0 Å². The van der Waals surface area contributed by atoms with Gasteiger partial charge in [-0.05, 0) is 124 Å². The molecule has 1 aliphatic rings. The first-order chi connectivity index (χ1) is 24.9. The summed E-state index contributed by atoms with van der Waals surface area (Å²) in [5.41, 5.74) is 3.68. The van der Waals surface area contributed by atoms with Gasteiger partial charge in [-0.3, -0.25) is 10.1 Å². The molecule has 52 heavy (non-hydrogen) atoms. The van der Waals surface area contributed by atoms with Gasteiger partial charge in [0.25, 0.3) is 0 Å². The van der Waals surface area contributed by atoms with Crippen LogP contribution in [0.25, 0.3) is 22.5 Å². The molecular weight excluding hydrogens is 666 g/mol. The number of H-pyrrole nitrogens is 1. The standard InChI is InChI=1S/C38H47N7O7/c1-38(2,3)52-37(49)39-22-24-8-12-27(13-9-24)34(46)41-31(35(47)40-29-17-14-26(15-18-29)33-42-44-45-43-33)20-23-6-10-25(11-7-23)30-19-16-28(36(48)51-5)21-32(30)50-4/h6-7,10-11,14-19,21,24,27,31,34,41,46H,8-9,12-13,20,22H2,1-5H3,(H,39,49)(H,40,47)(H,42,43,44,45). The van der Waals surface area contributed by atoms with E-state index in [-0.39, 0.29) is 17.7 Å². The van der Waals surface area contributed by atoms with E-state index in [1.54, 1.807) is 49.6 Å². The number of nitrogens with zero attached hydrogens (tertiary/aromatic N) is 3. The fraction of sp³-hybridized carbons (Fsp3) is 0.421. The maximum Gasteiger partial charge on any atom is 0.407 e. The highest BCUT2D eigenvalue weighted by molar-refractivity contribution is 5.95. The molecule has 5 N–H and O–H groups in total. The number of rotatable bonds is 13. The summed E-state index contributed by atoms with van der Waals surface area (Å²) in [6, 6.07) is 19.2. The van der Waals surface area contributed by atoms with Gasteiger partial charge in [0, 0.05) is 23.4 Å². The summed E-state index contributed by atoms with van der Waals surface area (Å²) in [6.07, 6.45) is 2.09. The number of carbonyl (C=O) groups is 3. The van der Waals surface area contributed by atoms with Gasteiger partial charge in [0.2, 0.25) is 11.7 Å². The van der Waals surface area contributed by atoms with Crippen molar-refractivity contribution in [2.45, 2.75) is 70.7 Å². The predicted octanol–water partition coefficient (Wildman–Crippen LogP) is 5.12. The molecule has 14 nitrogen and oxygen atoms in total. The van der Waals surface area contributed by atoms with Crippen molar-refractivity contribution in [3.63, 3.8) is 0 Å². The molecule has 2 amide bonds. The Bertz CT molecular complexity index is 1780. The smallest absolute Gasteiger partial charge is 0.407 e. The summed E-state index contributed by atoms with van der Waals surface area (Å²) in [5.74, 6) is 0.426. The van der Waals surface area contributed by atoms with Crippen LogP contribution in [-0.2, 0) is 20.7 Å². The van der Waals surface area contributed by atoms with Crippen molar-refractivity contribution >= 4 is 23.7 Å². The van der Waals surface area contributed by atoms with Crippen molar-refractivity contribution in [2.24, 2.45) is 11.8 Å². The lowest BCUT2D eigenvalue weighted by Gasteiger charge is -2.33. The second-order valence-corrected chi connectivity index (χ2v) is 13.9. The lowest BCUT2D eigenvalue weighted by Crippen LogP contribution is -2.50. The summed E-state index contributed by atoms with van der Waals surface area (Å²) < 4.78 is 15.8. The minimum Gasteiger partial charge on any atom is -0.496 e. The van der Waals surface area contributed by atoms with Gasteiger partial charge in [-0.1, -0.05) is 24.3 Å². The van der Waals surface area contributed by atoms with Gasteiger partial charge >= 0.3 is 12.1 Å². The Morgan fingerprint density at radius 2 is 1.63 bits per heavy atom. The highest BCUT2D eigenvalue weighted by Crippen LogP contribution is 2.33. The van der Waals surface area contributed by atoms with Crippen molar-refractivity contribution in [2.75, 3.05) is 26.1 Å². The van der Waals surface area contributed by atoms with Crippen LogP contribution in [0.5, 0.6) is 5.75 Å². The van der Waals surface area contributed by atoms with E-state index in [1.807, 2.05) is 45.0 Å². The third-order valence-electron chi connectivity index (χ3n) is 9.04. The number of aliphatic hydroxyl groups excluding tert-OH is 1. The molecule has 3 aromatic carbocycles. The van der Waals surface area contributed by atoms with Gasteiger partial charge in [-0.25, -0.2) is 9.59 Å². The molecule has 1 saturated carbocycles. The topological polar surface area (TPSA) is 190 Å². The number of methoxy groups -OCH3 is 2. The van der Waals surface area contributed by atoms with E-state index in [2.05, 4.69) is 36.6 Å². The van der Waals surface area contributed by atoms with Crippen LogP contribution in [0.15, 0.2) is 66.7 Å². The Labute approximate surface area is 303 Å². The minimum atomic E-state index is -0.923. The molecule has 1 fully saturated rings. The first kappa shape index (κ1) is 37.9. The van der Waals surface area contributed by atoms with E-state index in [4.69, 9.17) is 14.2 Å². The SMILES string of the molecule is COC(=O)c1ccc(-c2ccc(CC(NC(O)C3CCC(CNC(=O)OC(C)(C)C)CC3)C(=O)Nc3ccc(-c4nn[nH]n4)cc3)cc2)c(OC)c1. The number of anilines is 1. The van der Waals surface area contributed by atoms with Gasteiger partial charge in [0.1, 0.15) is 17.6 Å². The number of hydrogen-bond acceptors (Lipinski definition) is 11. The van der Waals surface area contributed by atoms with Crippen molar-refractivity contribution in [3.05, 3.63) is 77.9 Å². The van der Waals surface area contributed by atoms with Gasteiger partial charge in [-0.2, -0.15) is 5.21 Å². The molecular formula is C38H47N7O7. The summed E-state index contributed by atoms with van der Waals surface area (Å²) >= 11 is 0. The quantitative estimate of drug-likeness (QED) is 0.0914. The van der Waals surface area contributed by atoms with Crippen LogP contribution in [0.2, 0.25) is 0 Å². The summed E-state index contributed by atoms with van der Waals surface area (Å²) in [4.78, 5) is 38.0. The molecule has 14 heteroatoms. The minimum absolute atomic E-state index is 0.0647. The molecule has 1 heterocycles. The molecule has 0 aliphatic heterocycles. The number of ether oxygens (including phenoxy) is 3. The number of nitrogens with one attached hydrogen (secondary N) is 4. The van der Waals surface area contributed by atoms with Crippen molar-refractivity contribution in [1.82, 2.24) is 31.3 Å². The van der Waals surface area contributed by atoms with Gasteiger partial charge in [0.05, 0.1) is 25.8 Å². The van der Waals surface area contributed by atoms with E-state index in [1.165, 1.54) is 7.11 Å². The highest BCUT2D eigenvalue weighted by Gasteiger charge is 2.31. The molecule has 0 radical (unpaired) electrons. The van der Waals surface area contributed by atoms with E-state index in [0.29, 0.717) is 35.8 Å². The number of esters is 1. The van der Waals surface area contributed by atoms with Crippen molar-refractivity contribution in [3.8, 4) is 28.3 Å². The fourth-order valence-electron chi connectivity index (χ4n) is 6.27. The zero-order valence-electron chi connectivity index (χ0n) is 30.1. The first-order valence-electron chi connectivity index (χ1n) is 17.3. The number of hydrogen-bond donors (Lipinski definition) is 5. The largest absolute Gasteiger partial charge is 0.496 e. The number of benzene rings is 3. The fourth-order valence-corrected chi connectivity index (χ4v) is 6.27. The molecule has 5 rings (SSSR count). The van der Waals surface area contributed by atoms with Crippen molar-refractivity contribution in [1.29, 1.82) is 0 Å². The molecule has 2 unspecified atom stereocenters. The van der Waals surface area contributed by atoms with Crippen LogP contribution in [0.3, 0.4) is 0 Å². The Morgan fingerprint density at radius 1 is 0.942 bits per heavy atom. The van der Waals surface area contributed by atoms with E-state index >= 15 is 0 Å². The zero-order chi connectivity index (χ0) is 37.3. The lowest BCUT2D eigenvalue weighted by atomic mass is 9.81. The van der Waals surface area contributed by atoms with Gasteiger partial charge < -0.3 is 30.0 Å². The Kier molecular flexibility index (Phi) is 12.6. The lowest BCUT2D eigenvalue weighted by molar-refractivity contribution is -0.119. The molecule has 0 saturated heterocycles.